The SMILES string of the molecule is CNCCC(c1ccccc1)c1ccc(C(C)(C)C)cc1. The quantitative estimate of drug-likeness (QED) is 0.835. The molecular weight excluding hydrogens is 254 g/mol. The van der Waals surface area contributed by atoms with Crippen molar-refractivity contribution in [3.63, 3.8) is 0 Å². The molecule has 2 aromatic rings. The van der Waals surface area contributed by atoms with E-state index in [9.17, 15) is 0 Å². The summed E-state index contributed by atoms with van der Waals surface area (Å²) in [5, 5.41) is 3.27. The fourth-order valence-electron chi connectivity index (χ4n) is 2.72. The second kappa shape index (κ2) is 6.91. The molecule has 0 saturated carbocycles. The molecule has 1 heteroatoms. The third-order valence-corrected chi connectivity index (χ3v) is 4.06. The third kappa shape index (κ3) is 4.18. The summed E-state index contributed by atoms with van der Waals surface area (Å²) in [7, 11) is 2.02. The van der Waals surface area contributed by atoms with E-state index in [1.165, 1.54) is 16.7 Å². The minimum Gasteiger partial charge on any atom is -0.320 e. The topological polar surface area (TPSA) is 12.0 Å². The minimum atomic E-state index is 0.214. The lowest BCUT2D eigenvalue weighted by molar-refractivity contribution is 0.589. The Balaban J connectivity index is 2.29. The van der Waals surface area contributed by atoms with E-state index in [4.69, 9.17) is 0 Å². The smallest absolute Gasteiger partial charge is 0.0101 e. The third-order valence-electron chi connectivity index (χ3n) is 4.06. The zero-order valence-corrected chi connectivity index (χ0v) is 13.7. The first-order valence-corrected chi connectivity index (χ1v) is 7.82. The molecule has 0 radical (unpaired) electrons. The van der Waals surface area contributed by atoms with E-state index in [0.29, 0.717) is 5.92 Å². The molecule has 0 aromatic heterocycles. The highest BCUT2D eigenvalue weighted by Gasteiger charge is 2.16. The van der Waals surface area contributed by atoms with Crippen LogP contribution in [0.15, 0.2) is 54.6 Å². The Morgan fingerprint density at radius 2 is 1.43 bits per heavy atom. The van der Waals surface area contributed by atoms with Gasteiger partial charge < -0.3 is 5.32 Å². The molecule has 0 aliphatic carbocycles. The van der Waals surface area contributed by atoms with Crippen LogP contribution in [0.2, 0.25) is 0 Å². The van der Waals surface area contributed by atoms with E-state index < -0.39 is 0 Å². The predicted octanol–water partition coefficient (Wildman–Crippen LogP) is 4.73. The van der Waals surface area contributed by atoms with Crippen LogP contribution in [0.4, 0.5) is 0 Å². The Kier molecular flexibility index (Phi) is 5.19. The van der Waals surface area contributed by atoms with Gasteiger partial charge in [0.25, 0.3) is 0 Å². The number of nitrogens with one attached hydrogen (secondary N) is 1. The minimum absolute atomic E-state index is 0.214. The fraction of sp³-hybridized carbons (Fsp3) is 0.400. The van der Waals surface area contributed by atoms with Crippen molar-refractivity contribution in [1.82, 2.24) is 5.32 Å². The Morgan fingerprint density at radius 1 is 0.857 bits per heavy atom. The number of hydrogen-bond acceptors (Lipinski definition) is 1. The highest BCUT2D eigenvalue weighted by atomic mass is 14.8. The van der Waals surface area contributed by atoms with Gasteiger partial charge in [0.1, 0.15) is 0 Å². The standard InChI is InChI=1S/C20H27N/c1-20(2,3)18-12-10-17(11-13-18)19(14-15-21-4)16-8-6-5-7-9-16/h5-13,19,21H,14-15H2,1-4H3. The molecule has 21 heavy (non-hydrogen) atoms. The average molecular weight is 281 g/mol. The molecular formula is C20H27N. The van der Waals surface area contributed by atoms with Gasteiger partial charge in [-0.1, -0.05) is 75.4 Å². The van der Waals surface area contributed by atoms with Gasteiger partial charge in [0.15, 0.2) is 0 Å². The maximum Gasteiger partial charge on any atom is 0.0101 e. The van der Waals surface area contributed by atoms with Crippen LogP contribution in [0.1, 0.15) is 49.8 Å². The Bertz CT molecular complexity index is 534. The summed E-state index contributed by atoms with van der Waals surface area (Å²) in [6.07, 6.45) is 1.12. The maximum atomic E-state index is 3.27. The number of hydrogen-bond donors (Lipinski definition) is 1. The first-order valence-electron chi connectivity index (χ1n) is 7.82. The van der Waals surface area contributed by atoms with E-state index in [2.05, 4.69) is 80.7 Å². The first kappa shape index (κ1) is 15.8. The molecule has 2 aromatic carbocycles. The summed E-state index contributed by atoms with van der Waals surface area (Å²) in [6.45, 7) is 7.81. The Morgan fingerprint density at radius 3 is 1.95 bits per heavy atom. The summed E-state index contributed by atoms with van der Waals surface area (Å²) in [5.74, 6) is 0.465. The van der Waals surface area contributed by atoms with E-state index in [1.807, 2.05) is 7.05 Å². The van der Waals surface area contributed by atoms with Gasteiger partial charge in [0.2, 0.25) is 0 Å². The molecule has 112 valence electrons. The largest absolute Gasteiger partial charge is 0.320 e. The molecule has 0 bridgehead atoms. The fourth-order valence-corrected chi connectivity index (χ4v) is 2.72. The van der Waals surface area contributed by atoms with E-state index in [1.54, 1.807) is 0 Å². The predicted molar refractivity (Wildman–Crippen MR) is 92.0 cm³/mol. The normalized spacial score (nSPS) is 13.1. The molecule has 0 aliphatic heterocycles. The molecule has 0 saturated heterocycles. The summed E-state index contributed by atoms with van der Waals surface area (Å²) in [6, 6.07) is 20.0. The zero-order chi connectivity index (χ0) is 15.3. The van der Waals surface area contributed by atoms with E-state index in [-0.39, 0.29) is 5.41 Å². The summed E-state index contributed by atoms with van der Waals surface area (Å²) in [4.78, 5) is 0. The van der Waals surface area contributed by atoms with Gasteiger partial charge in [-0.05, 0) is 42.1 Å². The van der Waals surface area contributed by atoms with Crippen molar-refractivity contribution in [3.05, 3.63) is 71.3 Å². The molecule has 0 heterocycles. The summed E-state index contributed by atoms with van der Waals surface area (Å²) < 4.78 is 0. The van der Waals surface area contributed by atoms with E-state index >= 15 is 0 Å². The second-order valence-electron chi connectivity index (χ2n) is 6.73. The average Bonchev–Trinajstić information content (AvgIpc) is 2.48. The highest BCUT2D eigenvalue weighted by Crippen LogP contribution is 2.30. The molecule has 0 spiro atoms. The molecule has 1 atom stereocenters. The summed E-state index contributed by atoms with van der Waals surface area (Å²) >= 11 is 0. The van der Waals surface area contributed by atoms with Gasteiger partial charge in [-0.15, -0.1) is 0 Å². The van der Waals surface area contributed by atoms with E-state index in [0.717, 1.165) is 13.0 Å². The lowest BCUT2D eigenvalue weighted by Gasteiger charge is -2.22. The maximum absolute atomic E-state index is 3.27. The van der Waals surface area contributed by atoms with Gasteiger partial charge in [0, 0.05) is 5.92 Å². The molecule has 1 N–H and O–H groups in total. The van der Waals surface area contributed by atoms with Crippen molar-refractivity contribution >= 4 is 0 Å². The number of rotatable bonds is 5. The Labute approximate surface area is 129 Å². The van der Waals surface area contributed by atoms with Gasteiger partial charge in [-0.2, -0.15) is 0 Å². The Hall–Kier alpha value is -1.60. The van der Waals surface area contributed by atoms with Crippen molar-refractivity contribution in [2.24, 2.45) is 0 Å². The monoisotopic (exact) mass is 281 g/mol. The van der Waals surface area contributed by atoms with Crippen LogP contribution in [0.3, 0.4) is 0 Å². The second-order valence-corrected chi connectivity index (χ2v) is 6.73. The first-order chi connectivity index (χ1) is 10.0. The van der Waals surface area contributed by atoms with Crippen LogP contribution in [-0.4, -0.2) is 13.6 Å². The van der Waals surface area contributed by atoms with Crippen molar-refractivity contribution < 1.29 is 0 Å². The molecule has 2 rings (SSSR count). The van der Waals surface area contributed by atoms with Crippen molar-refractivity contribution in [2.45, 2.75) is 38.5 Å². The van der Waals surface area contributed by atoms with Crippen molar-refractivity contribution in [1.29, 1.82) is 0 Å². The van der Waals surface area contributed by atoms with Gasteiger partial charge in [-0.3, -0.25) is 0 Å². The van der Waals surface area contributed by atoms with Crippen LogP contribution in [0.5, 0.6) is 0 Å². The molecule has 0 aliphatic rings. The summed E-state index contributed by atoms with van der Waals surface area (Å²) in [5.41, 5.74) is 4.42. The van der Waals surface area contributed by atoms with Crippen LogP contribution in [0, 0.1) is 0 Å². The van der Waals surface area contributed by atoms with Crippen LogP contribution in [0.25, 0.3) is 0 Å². The van der Waals surface area contributed by atoms with Gasteiger partial charge in [0.05, 0.1) is 0 Å². The lowest BCUT2D eigenvalue weighted by atomic mass is 9.83. The molecule has 0 amide bonds. The lowest BCUT2D eigenvalue weighted by Crippen LogP contribution is -2.14. The van der Waals surface area contributed by atoms with Gasteiger partial charge >= 0.3 is 0 Å². The van der Waals surface area contributed by atoms with Crippen LogP contribution < -0.4 is 5.32 Å². The zero-order valence-electron chi connectivity index (χ0n) is 13.7. The molecule has 0 fully saturated rings. The van der Waals surface area contributed by atoms with Crippen molar-refractivity contribution in [2.75, 3.05) is 13.6 Å². The van der Waals surface area contributed by atoms with Crippen molar-refractivity contribution in [3.8, 4) is 0 Å². The van der Waals surface area contributed by atoms with Crippen LogP contribution in [-0.2, 0) is 5.41 Å². The molecule has 1 nitrogen and oxygen atoms in total. The molecule has 1 unspecified atom stereocenters. The van der Waals surface area contributed by atoms with Crippen LogP contribution >= 0.6 is 0 Å². The van der Waals surface area contributed by atoms with Gasteiger partial charge in [-0.25, -0.2) is 0 Å². The highest BCUT2D eigenvalue weighted by molar-refractivity contribution is 5.35. The number of benzene rings is 2.